The first-order valence-electron chi connectivity index (χ1n) is 9.35. The average molecular weight is 425 g/mol. The molecule has 3 aromatic heterocycles. The van der Waals surface area contributed by atoms with E-state index in [4.69, 9.17) is 14.9 Å². The number of aliphatic carboxylic acids is 1. The number of carbonyl (C=O) groups is 1. The number of alkyl halides is 3. The number of fused-ring (bicyclic) bond motifs is 1. The molecule has 1 fully saturated rings. The van der Waals surface area contributed by atoms with Crippen LogP contribution in [0.2, 0.25) is 0 Å². The summed E-state index contributed by atoms with van der Waals surface area (Å²) in [5, 5.41) is 22.8. The summed E-state index contributed by atoms with van der Waals surface area (Å²) in [6, 6.07) is 2.44. The topological polar surface area (TPSA) is 109 Å². The Balaban J connectivity index is 0.000000318. The van der Waals surface area contributed by atoms with Crippen LogP contribution in [-0.2, 0) is 11.8 Å². The fraction of sp³-hybridized carbons (Fsp3) is 0.444. The van der Waals surface area contributed by atoms with E-state index in [1.165, 1.54) is 6.42 Å². The number of halogens is 3. The summed E-state index contributed by atoms with van der Waals surface area (Å²) < 4.78 is 35.4. The van der Waals surface area contributed by atoms with E-state index in [1.807, 2.05) is 42.4 Å². The van der Waals surface area contributed by atoms with Crippen molar-refractivity contribution in [2.75, 3.05) is 18.4 Å². The molecular weight excluding hydrogens is 403 g/mol. The van der Waals surface area contributed by atoms with Gasteiger partial charge in [0.25, 0.3) is 0 Å². The van der Waals surface area contributed by atoms with E-state index >= 15 is 0 Å². The normalized spacial score (nSPS) is 17.1. The lowest BCUT2D eigenvalue weighted by molar-refractivity contribution is -0.192. The fourth-order valence-corrected chi connectivity index (χ4v) is 3.08. The number of nitrogens with zero attached hydrogens (tertiary/aromatic N) is 5. The summed E-state index contributed by atoms with van der Waals surface area (Å²) in [5.41, 5.74) is 2.88. The van der Waals surface area contributed by atoms with Crippen molar-refractivity contribution in [2.24, 2.45) is 7.05 Å². The van der Waals surface area contributed by atoms with Gasteiger partial charge >= 0.3 is 12.1 Å². The Kier molecular flexibility index (Phi) is 6.55. The highest BCUT2D eigenvalue weighted by atomic mass is 19.4. The molecule has 0 amide bonds. The van der Waals surface area contributed by atoms with Gasteiger partial charge in [0.15, 0.2) is 5.82 Å². The number of aryl methyl sites for hydroxylation is 1. The molecule has 4 heterocycles. The predicted molar refractivity (Wildman–Crippen MR) is 103 cm³/mol. The second kappa shape index (κ2) is 9.11. The molecule has 1 saturated heterocycles. The summed E-state index contributed by atoms with van der Waals surface area (Å²) in [5.74, 6) is -1.86. The highest BCUT2D eigenvalue weighted by Gasteiger charge is 2.38. The van der Waals surface area contributed by atoms with Gasteiger partial charge in [-0.3, -0.25) is 4.68 Å². The molecule has 0 aliphatic carbocycles. The summed E-state index contributed by atoms with van der Waals surface area (Å²) in [6.07, 6.45) is 5.94. The zero-order valence-corrected chi connectivity index (χ0v) is 16.2. The van der Waals surface area contributed by atoms with Gasteiger partial charge in [0.1, 0.15) is 5.52 Å². The maximum atomic E-state index is 10.6. The number of aromatic nitrogens is 5. The highest BCUT2D eigenvalue weighted by molar-refractivity contribution is 5.73. The molecule has 30 heavy (non-hydrogen) atoms. The second-order valence-corrected chi connectivity index (χ2v) is 6.86. The first kappa shape index (κ1) is 21.6. The van der Waals surface area contributed by atoms with Crippen LogP contribution >= 0.6 is 0 Å². The summed E-state index contributed by atoms with van der Waals surface area (Å²) in [7, 11) is 1.91. The standard InChI is InChI=1S/C16H21N7.C2HF3O2/c1-22-10-12(9-19-22)14-11-23-15(5-8-18-23)16(21-14)20-13-3-2-6-17-7-4-13;3-2(4,5)1(6)7/h5,8-11,13,17H,2-4,6-7H2,1H3,(H,20,21);(H,6,7). The number of carboxylic acids is 1. The number of carboxylic acid groups (broad SMARTS) is 1. The summed E-state index contributed by atoms with van der Waals surface area (Å²) in [6.45, 7) is 2.15. The Labute approximate surface area is 169 Å². The molecule has 0 saturated carbocycles. The SMILES string of the molecule is Cn1cc(-c2cn3nccc3c(NC3CCCNCC3)n2)cn1.O=C(O)C(F)(F)F. The van der Waals surface area contributed by atoms with E-state index in [9.17, 15) is 13.2 Å². The van der Waals surface area contributed by atoms with Gasteiger partial charge in [0.2, 0.25) is 0 Å². The van der Waals surface area contributed by atoms with Gasteiger partial charge in [-0.1, -0.05) is 0 Å². The average Bonchev–Trinajstić information content (AvgIpc) is 3.25. The van der Waals surface area contributed by atoms with Crippen LogP contribution in [0.15, 0.2) is 30.9 Å². The zero-order valence-electron chi connectivity index (χ0n) is 16.2. The quantitative estimate of drug-likeness (QED) is 0.591. The predicted octanol–water partition coefficient (Wildman–Crippen LogP) is 2.32. The van der Waals surface area contributed by atoms with Crippen LogP contribution in [0.1, 0.15) is 19.3 Å². The highest BCUT2D eigenvalue weighted by Crippen LogP contribution is 2.23. The number of hydrogen-bond donors (Lipinski definition) is 3. The first-order valence-corrected chi connectivity index (χ1v) is 9.35. The van der Waals surface area contributed by atoms with E-state index in [0.717, 1.165) is 48.5 Å². The maximum Gasteiger partial charge on any atom is 0.490 e. The number of rotatable bonds is 3. The van der Waals surface area contributed by atoms with Gasteiger partial charge in [-0.25, -0.2) is 14.3 Å². The third kappa shape index (κ3) is 5.47. The van der Waals surface area contributed by atoms with Crippen molar-refractivity contribution in [1.82, 2.24) is 29.7 Å². The van der Waals surface area contributed by atoms with Crippen LogP contribution in [0, 0.1) is 0 Å². The Morgan fingerprint density at radius 1 is 1.27 bits per heavy atom. The molecule has 1 unspecified atom stereocenters. The molecule has 1 atom stereocenters. The minimum Gasteiger partial charge on any atom is -0.475 e. The zero-order chi connectivity index (χ0) is 21.7. The third-order valence-corrected chi connectivity index (χ3v) is 4.55. The Morgan fingerprint density at radius 2 is 2.03 bits per heavy atom. The monoisotopic (exact) mass is 425 g/mol. The van der Waals surface area contributed by atoms with E-state index in [-0.39, 0.29) is 0 Å². The minimum absolute atomic E-state index is 0.445. The minimum atomic E-state index is -5.08. The lowest BCUT2D eigenvalue weighted by Gasteiger charge is -2.18. The van der Waals surface area contributed by atoms with E-state index in [1.54, 1.807) is 4.68 Å². The lowest BCUT2D eigenvalue weighted by Crippen LogP contribution is -2.22. The molecule has 9 nitrogen and oxygen atoms in total. The van der Waals surface area contributed by atoms with E-state index in [0.29, 0.717) is 6.04 Å². The molecule has 3 N–H and O–H groups in total. The van der Waals surface area contributed by atoms with Crippen LogP contribution in [0.25, 0.3) is 16.8 Å². The lowest BCUT2D eigenvalue weighted by atomic mass is 10.1. The molecule has 1 aliphatic heterocycles. The van der Waals surface area contributed by atoms with Gasteiger partial charge in [0.05, 0.1) is 24.3 Å². The van der Waals surface area contributed by atoms with Crippen LogP contribution in [0.3, 0.4) is 0 Å². The Bertz CT molecular complexity index is 991. The molecule has 0 radical (unpaired) electrons. The van der Waals surface area contributed by atoms with Crippen molar-refractivity contribution in [3.05, 3.63) is 30.9 Å². The molecule has 3 aromatic rings. The van der Waals surface area contributed by atoms with Crippen LogP contribution in [0.5, 0.6) is 0 Å². The van der Waals surface area contributed by atoms with Gasteiger partial charge in [-0.05, 0) is 38.4 Å². The van der Waals surface area contributed by atoms with Crippen molar-refractivity contribution in [1.29, 1.82) is 0 Å². The molecular formula is C18H22F3N7O2. The maximum absolute atomic E-state index is 10.6. The largest absolute Gasteiger partial charge is 0.490 e. The van der Waals surface area contributed by atoms with Crippen LogP contribution in [-0.4, -0.2) is 60.8 Å². The molecule has 1 aliphatic rings. The van der Waals surface area contributed by atoms with Crippen molar-refractivity contribution >= 4 is 17.3 Å². The third-order valence-electron chi connectivity index (χ3n) is 4.55. The van der Waals surface area contributed by atoms with Crippen LogP contribution < -0.4 is 10.6 Å². The van der Waals surface area contributed by atoms with Gasteiger partial charge in [0, 0.05) is 24.8 Å². The van der Waals surface area contributed by atoms with Crippen molar-refractivity contribution in [3.63, 3.8) is 0 Å². The van der Waals surface area contributed by atoms with Crippen molar-refractivity contribution in [3.8, 4) is 11.3 Å². The van der Waals surface area contributed by atoms with Crippen molar-refractivity contribution in [2.45, 2.75) is 31.5 Å². The van der Waals surface area contributed by atoms with Crippen LogP contribution in [0.4, 0.5) is 19.0 Å². The molecule has 0 aromatic carbocycles. The summed E-state index contributed by atoms with van der Waals surface area (Å²) in [4.78, 5) is 13.7. The molecule has 162 valence electrons. The fourth-order valence-electron chi connectivity index (χ4n) is 3.08. The number of hydrogen-bond acceptors (Lipinski definition) is 6. The molecule has 0 bridgehead atoms. The van der Waals surface area contributed by atoms with Crippen molar-refractivity contribution < 1.29 is 23.1 Å². The van der Waals surface area contributed by atoms with Gasteiger partial charge < -0.3 is 15.7 Å². The number of nitrogens with one attached hydrogen (secondary N) is 2. The first-order chi connectivity index (χ1) is 14.2. The molecule has 0 spiro atoms. The molecule has 4 rings (SSSR count). The smallest absolute Gasteiger partial charge is 0.475 e. The van der Waals surface area contributed by atoms with Gasteiger partial charge in [-0.2, -0.15) is 23.4 Å². The van der Waals surface area contributed by atoms with E-state index < -0.39 is 12.1 Å². The Hall–Kier alpha value is -3.15. The second-order valence-electron chi connectivity index (χ2n) is 6.86. The summed E-state index contributed by atoms with van der Waals surface area (Å²) >= 11 is 0. The molecule has 12 heteroatoms. The van der Waals surface area contributed by atoms with Gasteiger partial charge in [-0.15, -0.1) is 0 Å². The Morgan fingerprint density at radius 3 is 2.70 bits per heavy atom. The number of anilines is 1. The van der Waals surface area contributed by atoms with E-state index in [2.05, 4.69) is 20.8 Å².